The number of rotatable bonds is 2. The molecule has 0 radical (unpaired) electrons. The molecule has 1 aliphatic heterocycles. The normalized spacial score (nSPS) is 18.1. The summed E-state index contributed by atoms with van der Waals surface area (Å²) in [6, 6.07) is 0. The first kappa shape index (κ1) is 12.9. The predicted octanol–water partition coefficient (Wildman–Crippen LogP) is -1.41. The van der Waals surface area contributed by atoms with Crippen LogP contribution >= 0.6 is 0 Å². The van der Waals surface area contributed by atoms with Crippen molar-refractivity contribution >= 4 is 23.3 Å². The lowest BCUT2D eigenvalue weighted by atomic mass is 10.3. The van der Waals surface area contributed by atoms with Crippen molar-refractivity contribution in [3.05, 3.63) is 0 Å². The number of carbonyl (C=O) groups is 2. The maximum Gasteiger partial charge on any atom is 0.429 e. The second kappa shape index (κ2) is 5.77. The largest absolute Gasteiger partial charge is 0.758 e. The minimum Gasteiger partial charge on any atom is -0.758 e. The van der Waals surface area contributed by atoms with E-state index in [9.17, 15) is 18.4 Å². The first-order valence-electron chi connectivity index (χ1n) is 4.57. The van der Waals surface area contributed by atoms with Crippen LogP contribution in [0.1, 0.15) is 6.92 Å². The summed E-state index contributed by atoms with van der Waals surface area (Å²) in [5.41, 5.74) is 0. The molecule has 0 spiro atoms. The van der Waals surface area contributed by atoms with Crippen LogP contribution in [0.15, 0.2) is 0 Å². The minimum atomic E-state index is -2.64. The third-order valence-electron chi connectivity index (χ3n) is 2.18. The lowest BCUT2D eigenvalue weighted by molar-refractivity contribution is -0.130. The molecular formula is C7H12N3O5S-. The van der Waals surface area contributed by atoms with E-state index in [-0.39, 0.29) is 5.91 Å². The number of nitrogens with one attached hydrogen (secondary N) is 1. The van der Waals surface area contributed by atoms with Crippen LogP contribution < -0.4 is 4.89 Å². The van der Waals surface area contributed by atoms with Gasteiger partial charge in [-0.1, -0.05) is 4.89 Å². The van der Waals surface area contributed by atoms with Gasteiger partial charge in [-0.05, 0) is 0 Å². The smallest absolute Gasteiger partial charge is 0.429 e. The van der Waals surface area contributed by atoms with E-state index in [0.29, 0.717) is 26.2 Å². The maximum atomic E-state index is 11.2. The number of piperazine rings is 1. The summed E-state index contributed by atoms with van der Waals surface area (Å²) >= 11 is -2.64. The highest BCUT2D eigenvalue weighted by Gasteiger charge is 2.23. The molecule has 0 aliphatic carbocycles. The van der Waals surface area contributed by atoms with Crippen molar-refractivity contribution in [3.8, 4) is 0 Å². The van der Waals surface area contributed by atoms with Crippen LogP contribution in [0.3, 0.4) is 0 Å². The molecule has 1 atom stereocenters. The molecule has 1 rings (SSSR count). The summed E-state index contributed by atoms with van der Waals surface area (Å²) in [6.07, 6.45) is -0.771. The highest BCUT2D eigenvalue weighted by atomic mass is 32.2. The number of carbonyl (C=O) groups excluding carboxylic acids is 2. The quantitative estimate of drug-likeness (QED) is 0.479. The van der Waals surface area contributed by atoms with Crippen LogP contribution in [-0.4, -0.2) is 56.7 Å². The van der Waals surface area contributed by atoms with Crippen LogP contribution in [0.25, 0.3) is 0 Å². The van der Waals surface area contributed by atoms with Crippen molar-refractivity contribution in [3.63, 3.8) is 0 Å². The van der Waals surface area contributed by atoms with E-state index >= 15 is 0 Å². The molecule has 1 heterocycles. The molecule has 0 aromatic rings. The third-order valence-corrected chi connectivity index (χ3v) is 2.40. The lowest BCUT2D eigenvalue weighted by Gasteiger charge is -2.33. The first-order valence-corrected chi connectivity index (χ1v) is 5.64. The topological polar surface area (TPSA) is 102 Å². The van der Waals surface area contributed by atoms with Gasteiger partial charge in [0.2, 0.25) is 5.91 Å². The molecule has 1 fully saturated rings. The highest BCUT2D eigenvalue weighted by Crippen LogP contribution is 2.03. The van der Waals surface area contributed by atoms with E-state index in [2.05, 4.69) is 4.84 Å². The van der Waals surface area contributed by atoms with Gasteiger partial charge in [0.15, 0.2) is 0 Å². The fourth-order valence-corrected chi connectivity index (χ4v) is 1.48. The highest BCUT2D eigenvalue weighted by molar-refractivity contribution is 7.76. The minimum absolute atomic E-state index is 0.0493. The molecule has 0 saturated carbocycles. The molecule has 9 heteroatoms. The van der Waals surface area contributed by atoms with E-state index in [1.165, 1.54) is 16.7 Å². The Hall–Kier alpha value is -1.19. The second-order valence-electron chi connectivity index (χ2n) is 3.18. The summed E-state index contributed by atoms with van der Waals surface area (Å²) in [7, 11) is 0. The van der Waals surface area contributed by atoms with Gasteiger partial charge in [-0.25, -0.2) is 4.79 Å². The molecule has 1 saturated heterocycles. The third kappa shape index (κ3) is 3.76. The average Bonchev–Trinajstić information content (AvgIpc) is 2.26. The van der Waals surface area contributed by atoms with Crippen LogP contribution in [-0.2, 0) is 20.9 Å². The number of amides is 2. The number of nitrogens with zero attached hydrogens (tertiary/aromatic N) is 2. The fraction of sp³-hybridized carbons (Fsp3) is 0.714. The molecule has 1 N–H and O–H groups in total. The van der Waals surface area contributed by atoms with Crippen molar-refractivity contribution in [2.45, 2.75) is 6.92 Å². The van der Waals surface area contributed by atoms with Gasteiger partial charge in [-0.15, -0.1) is 0 Å². The molecular weight excluding hydrogens is 238 g/mol. The van der Waals surface area contributed by atoms with Crippen LogP contribution in [0.4, 0.5) is 4.79 Å². The Labute approximate surface area is 94.9 Å². The van der Waals surface area contributed by atoms with Gasteiger partial charge in [0, 0.05) is 33.1 Å². The molecule has 8 nitrogen and oxygen atoms in total. The second-order valence-corrected chi connectivity index (χ2v) is 3.82. The van der Waals surface area contributed by atoms with Crippen molar-refractivity contribution < 1.29 is 23.2 Å². The molecule has 0 aromatic heterocycles. The summed E-state index contributed by atoms with van der Waals surface area (Å²) in [5.74, 6) is -0.0493. The summed E-state index contributed by atoms with van der Waals surface area (Å²) < 4.78 is 20.1. The number of hydrogen-bond donors (Lipinski definition) is 1. The van der Waals surface area contributed by atoms with Crippen molar-refractivity contribution in [1.82, 2.24) is 14.7 Å². The maximum absolute atomic E-state index is 11.2. The van der Waals surface area contributed by atoms with Crippen molar-refractivity contribution in [1.29, 1.82) is 0 Å². The Morgan fingerprint density at radius 3 is 2.19 bits per heavy atom. The van der Waals surface area contributed by atoms with Gasteiger partial charge < -0.3 is 19.2 Å². The molecule has 0 bridgehead atoms. The first-order chi connectivity index (χ1) is 7.50. The Balaban J connectivity index is 2.33. The Bertz CT molecular complexity index is 302. The lowest BCUT2D eigenvalue weighted by Crippen LogP contribution is -2.50. The van der Waals surface area contributed by atoms with Crippen LogP contribution in [0.2, 0.25) is 0 Å². The molecule has 1 unspecified atom stereocenters. The van der Waals surface area contributed by atoms with Gasteiger partial charge in [0.05, 0.1) is 11.3 Å². The van der Waals surface area contributed by atoms with E-state index in [4.69, 9.17) is 0 Å². The Morgan fingerprint density at radius 1 is 1.25 bits per heavy atom. The Morgan fingerprint density at radius 2 is 1.75 bits per heavy atom. The van der Waals surface area contributed by atoms with Crippen molar-refractivity contribution in [2.75, 3.05) is 26.2 Å². The van der Waals surface area contributed by atoms with E-state index in [0.717, 1.165) is 0 Å². The molecule has 0 aromatic carbocycles. The molecule has 16 heavy (non-hydrogen) atoms. The molecule has 92 valence electrons. The predicted molar refractivity (Wildman–Crippen MR) is 52.4 cm³/mol. The zero-order chi connectivity index (χ0) is 12.1. The van der Waals surface area contributed by atoms with Crippen LogP contribution in [0, 0.1) is 0 Å². The van der Waals surface area contributed by atoms with E-state index < -0.39 is 17.4 Å². The zero-order valence-electron chi connectivity index (χ0n) is 8.67. The fourth-order valence-electron chi connectivity index (χ4n) is 1.34. The van der Waals surface area contributed by atoms with Gasteiger partial charge in [0.25, 0.3) is 0 Å². The zero-order valence-corrected chi connectivity index (χ0v) is 9.49. The summed E-state index contributed by atoms with van der Waals surface area (Å²) in [6.45, 7) is 2.95. The van der Waals surface area contributed by atoms with Gasteiger partial charge >= 0.3 is 6.09 Å². The average molecular weight is 250 g/mol. The standard InChI is InChI=1S/C7H13N3O5S/c1-6(11)9-2-4-10(5-3-9)7(12)15-8-16(13)14/h8H,2-5H2,1H3,(H,13,14)/p-1. The molecule has 2 amide bonds. The monoisotopic (exact) mass is 250 g/mol. The van der Waals surface area contributed by atoms with Crippen molar-refractivity contribution in [2.24, 2.45) is 0 Å². The van der Waals surface area contributed by atoms with E-state index in [1.54, 1.807) is 4.90 Å². The Kier molecular flexibility index (Phi) is 4.65. The summed E-state index contributed by atoms with van der Waals surface area (Å²) in [4.78, 5) is 30.9. The van der Waals surface area contributed by atoms with Gasteiger partial charge in [-0.2, -0.15) is 0 Å². The van der Waals surface area contributed by atoms with Gasteiger partial charge in [-0.3, -0.25) is 9.00 Å². The van der Waals surface area contributed by atoms with E-state index in [1.807, 2.05) is 0 Å². The summed E-state index contributed by atoms with van der Waals surface area (Å²) in [5, 5.41) is 0. The SMILES string of the molecule is CC(=O)N1CCN(C(=O)ONS(=O)[O-])CC1. The number of hydrogen-bond acceptors (Lipinski definition) is 5. The molecule has 1 aliphatic rings. The van der Waals surface area contributed by atoms with Gasteiger partial charge in [0.1, 0.15) is 0 Å². The van der Waals surface area contributed by atoms with Crippen LogP contribution in [0.5, 0.6) is 0 Å².